The van der Waals surface area contributed by atoms with Gasteiger partial charge in [-0.2, -0.15) is 0 Å². The van der Waals surface area contributed by atoms with Crippen LogP contribution in [0.1, 0.15) is 25.0 Å². The molecule has 0 radical (unpaired) electrons. The lowest BCUT2D eigenvalue weighted by atomic mass is 9.82. The van der Waals surface area contributed by atoms with Gasteiger partial charge in [-0.15, -0.1) is 0 Å². The van der Waals surface area contributed by atoms with E-state index in [4.69, 9.17) is 9.15 Å². The highest BCUT2D eigenvalue weighted by molar-refractivity contribution is 6.09. The van der Waals surface area contributed by atoms with Crippen LogP contribution >= 0.6 is 0 Å². The first-order valence-corrected chi connectivity index (χ1v) is 20.7. The molecule has 12 rings (SSSR count). The van der Waals surface area contributed by atoms with E-state index < -0.39 is 0 Å². The Hall–Kier alpha value is -7.62. The number of hydrogen-bond donors (Lipinski definition) is 0. The number of fused-ring (bicyclic) bond motifs is 11. The average molecular weight is 770 g/mol. The molecule has 0 amide bonds. The molecule has 0 spiro atoms. The number of hydrogen-bond acceptors (Lipinski definition) is 3. The van der Waals surface area contributed by atoms with E-state index in [0.29, 0.717) is 0 Å². The van der Waals surface area contributed by atoms with Crippen molar-refractivity contribution in [2.24, 2.45) is 0 Å². The fourth-order valence-corrected chi connectivity index (χ4v) is 9.84. The lowest BCUT2D eigenvalue weighted by Crippen LogP contribution is -2.17. The molecule has 0 saturated heterocycles. The molecule has 9 aromatic carbocycles. The normalized spacial score (nSPS) is 13.1. The number of nitrogens with zero attached hydrogens (tertiary/aromatic N) is 1. The van der Waals surface area contributed by atoms with Gasteiger partial charge < -0.3 is 14.1 Å². The van der Waals surface area contributed by atoms with Crippen molar-refractivity contribution < 1.29 is 9.15 Å². The van der Waals surface area contributed by atoms with E-state index in [1.807, 2.05) is 12.1 Å². The summed E-state index contributed by atoms with van der Waals surface area (Å²) in [5.41, 5.74) is 18.8. The summed E-state index contributed by atoms with van der Waals surface area (Å²) in [5, 5.41) is 2.25. The maximum Gasteiger partial charge on any atom is 0.159 e. The number of rotatable bonds is 5. The van der Waals surface area contributed by atoms with E-state index in [2.05, 4.69) is 207 Å². The molecule has 1 aliphatic carbocycles. The minimum absolute atomic E-state index is 0.168. The molecule has 1 aromatic heterocycles. The van der Waals surface area contributed by atoms with Gasteiger partial charge in [0.25, 0.3) is 0 Å². The number of anilines is 3. The Morgan fingerprint density at radius 2 is 1.03 bits per heavy atom. The van der Waals surface area contributed by atoms with Crippen LogP contribution in [0, 0.1) is 0 Å². The van der Waals surface area contributed by atoms with Crippen molar-refractivity contribution in [1.82, 2.24) is 0 Å². The van der Waals surface area contributed by atoms with Crippen LogP contribution in [0.5, 0.6) is 11.5 Å². The molecule has 0 saturated carbocycles. The third-order valence-electron chi connectivity index (χ3n) is 12.7. The zero-order chi connectivity index (χ0) is 40.0. The molecule has 3 heteroatoms. The fraction of sp³-hybridized carbons (Fsp3) is 0.0526. The predicted octanol–water partition coefficient (Wildman–Crippen LogP) is 16.1. The quantitative estimate of drug-likeness (QED) is 0.174. The highest BCUT2D eigenvalue weighted by Gasteiger charge is 2.36. The molecular formula is C57H39NO2. The van der Waals surface area contributed by atoms with Crippen LogP contribution in [-0.2, 0) is 5.41 Å². The maximum absolute atomic E-state index is 7.30. The minimum atomic E-state index is -0.168. The van der Waals surface area contributed by atoms with Gasteiger partial charge in [-0.1, -0.05) is 172 Å². The van der Waals surface area contributed by atoms with Crippen molar-refractivity contribution in [2.75, 3.05) is 4.90 Å². The third kappa shape index (κ3) is 5.15. The Morgan fingerprint density at radius 1 is 0.417 bits per heavy atom. The monoisotopic (exact) mass is 769 g/mol. The fourth-order valence-electron chi connectivity index (χ4n) is 9.84. The molecule has 10 aromatic rings. The molecular weight excluding hydrogens is 731 g/mol. The molecule has 0 unspecified atom stereocenters. The third-order valence-corrected chi connectivity index (χ3v) is 12.7. The highest BCUT2D eigenvalue weighted by Crippen LogP contribution is 2.56. The van der Waals surface area contributed by atoms with Crippen LogP contribution < -0.4 is 9.64 Å². The van der Waals surface area contributed by atoms with Gasteiger partial charge in [0.1, 0.15) is 16.9 Å². The number of benzene rings is 9. The van der Waals surface area contributed by atoms with Crippen molar-refractivity contribution in [2.45, 2.75) is 19.3 Å². The molecule has 1 aliphatic heterocycles. The van der Waals surface area contributed by atoms with E-state index in [9.17, 15) is 0 Å². The second-order valence-corrected chi connectivity index (χ2v) is 16.4. The second-order valence-electron chi connectivity index (χ2n) is 16.4. The van der Waals surface area contributed by atoms with Gasteiger partial charge in [-0.3, -0.25) is 0 Å². The van der Waals surface area contributed by atoms with Gasteiger partial charge in [-0.25, -0.2) is 0 Å². The lowest BCUT2D eigenvalue weighted by Gasteiger charge is -2.30. The van der Waals surface area contributed by atoms with Gasteiger partial charge in [0.15, 0.2) is 5.75 Å². The Labute approximate surface area is 349 Å². The van der Waals surface area contributed by atoms with E-state index in [0.717, 1.165) is 95.0 Å². The molecule has 0 atom stereocenters. The first kappa shape index (κ1) is 34.4. The van der Waals surface area contributed by atoms with Crippen molar-refractivity contribution >= 4 is 39.0 Å². The maximum atomic E-state index is 7.30. The molecule has 0 N–H and O–H groups in total. The predicted molar refractivity (Wildman–Crippen MR) is 248 cm³/mol. The van der Waals surface area contributed by atoms with Crippen LogP contribution in [0.15, 0.2) is 205 Å². The lowest BCUT2D eigenvalue weighted by molar-refractivity contribution is 0.489. The standard InChI is InChI=1S/C57H39NO2/c1-57(2)49-25-10-8-18-43(49)44-34-33-39(35-50(44)57)58(38-31-29-37(30-32-38)41-22-12-23-48-45-19-9-11-27-52(45)59-55(41)48)51-26-13-24-47-42-17-6-7-20-46(42)54-40(36-15-4-3-5-16-36)21-14-28-53(54)60-56(47)51/h3-35H,1-2H3. The molecule has 2 heterocycles. The van der Waals surface area contributed by atoms with Crippen LogP contribution in [0.25, 0.3) is 77.6 Å². The zero-order valence-corrected chi connectivity index (χ0v) is 33.3. The van der Waals surface area contributed by atoms with Gasteiger partial charge in [0, 0.05) is 44.3 Å². The summed E-state index contributed by atoms with van der Waals surface area (Å²) in [6.07, 6.45) is 0. The molecule has 2 aliphatic rings. The van der Waals surface area contributed by atoms with E-state index in [1.165, 1.54) is 22.3 Å². The van der Waals surface area contributed by atoms with Crippen LogP contribution in [-0.4, -0.2) is 0 Å². The van der Waals surface area contributed by atoms with Gasteiger partial charge in [0.05, 0.1) is 5.69 Å². The van der Waals surface area contributed by atoms with Gasteiger partial charge in [-0.05, 0) is 92.5 Å². The van der Waals surface area contributed by atoms with Crippen LogP contribution in [0.2, 0.25) is 0 Å². The van der Waals surface area contributed by atoms with Crippen molar-refractivity contribution in [3.05, 3.63) is 211 Å². The Morgan fingerprint density at radius 3 is 1.90 bits per heavy atom. The number of furan rings is 1. The van der Waals surface area contributed by atoms with Gasteiger partial charge >= 0.3 is 0 Å². The molecule has 0 fully saturated rings. The minimum Gasteiger partial charge on any atom is -0.455 e. The average Bonchev–Trinajstić information content (AvgIpc) is 3.73. The number of para-hydroxylation sites is 3. The first-order valence-electron chi connectivity index (χ1n) is 20.7. The van der Waals surface area contributed by atoms with E-state index in [-0.39, 0.29) is 5.41 Å². The largest absolute Gasteiger partial charge is 0.455 e. The summed E-state index contributed by atoms with van der Waals surface area (Å²) in [6, 6.07) is 71.7. The highest BCUT2D eigenvalue weighted by atomic mass is 16.5. The first-order chi connectivity index (χ1) is 29.5. The summed E-state index contributed by atoms with van der Waals surface area (Å²) >= 11 is 0. The van der Waals surface area contributed by atoms with Crippen LogP contribution in [0.3, 0.4) is 0 Å². The molecule has 3 nitrogen and oxygen atoms in total. The van der Waals surface area contributed by atoms with Crippen molar-refractivity contribution in [1.29, 1.82) is 0 Å². The Bertz CT molecular complexity index is 3320. The van der Waals surface area contributed by atoms with Gasteiger partial charge in [0.2, 0.25) is 0 Å². The van der Waals surface area contributed by atoms with E-state index >= 15 is 0 Å². The Balaban J connectivity index is 1.07. The van der Waals surface area contributed by atoms with Crippen molar-refractivity contribution in [3.63, 3.8) is 0 Å². The summed E-state index contributed by atoms with van der Waals surface area (Å²) in [5.74, 6) is 1.64. The van der Waals surface area contributed by atoms with Crippen LogP contribution in [0.4, 0.5) is 17.1 Å². The molecule has 60 heavy (non-hydrogen) atoms. The smallest absolute Gasteiger partial charge is 0.159 e. The summed E-state index contributed by atoms with van der Waals surface area (Å²) in [7, 11) is 0. The topological polar surface area (TPSA) is 25.6 Å². The summed E-state index contributed by atoms with van der Waals surface area (Å²) in [6.45, 7) is 4.68. The van der Waals surface area contributed by atoms with E-state index in [1.54, 1.807) is 0 Å². The summed E-state index contributed by atoms with van der Waals surface area (Å²) in [4.78, 5) is 2.37. The molecule has 0 bridgehead atoms. The van der Waals surface area contributed by atoms with Crippen molar-refractivity contribution in [3.8, 4) is 67.1 Å². The SMILES string of the molecule is CC1(C)c2ccccc2-c2ccc(N(c3ccc(-c4cccc5c4oc4ccccc45)cc3)c3cccc4c3Oc3cccc(-c5ccccc5)c3-c3ccccc3-4)cc21. The summed E-state index contributed by atoms with van der Waals surface area (Å²) < 4.78 is 13.8. The second kappa shape index (κ2) is 13.2. The molecule has 284 valence electrons. The Kier molecular flexibility index (Phi) is 7.58. The number of ether oxygens (including phenoxy) is 1. The zero-order valence-electron chi connectivity index (χ0n) is 33.3.